The number of fused-ring (bicyclic) bond motifs is 1. The van der Waals surface area contributed by atoms with Crippen LogP contribution >= 0.6 is 0 Å². The van der Waals surface area contributed by atoms with E-state index in [2.05, 4.69) is 36.5 Å². The second-order valence-electron chi connectivity index (χ2n) is 6.87. The molecule has 0 radical (unpaired) electrons. The number of carbonyl (C=O) groups excluding carboxylic acids is 2. The van der Waals surface area contributed by atoms with Crippen LogP contribution in [0.15, 0.2) is 60.7 Å². The highest BCUT2D eigenvalue weighted by molar-refractivity contribution is 5.95. The largest absolute Gasteiger partial charge is 0.465 e. The molecule has 5 nitrogen and oxygen atoms in total. The number of esters is 1. The Balaban J connectivity index is 1.66. The normalized spacial score (nSPS) is 11.8. The van der Waals surface area contributed by atoms with Crippen LogP contribution in [0.5, 0.6) is 0 Å². The minimum Gasteiger partial charge on any atom is -0.465 e. The predicted molar refractivity (Wildman–Crippen MR) is 110 cm³/mol. The molecule has 28 heavy (non-hydrogen) atoms. The minimum absolute atomic E-state index is 0.114. The summed E-state index contributed by atoms with van der Waals surface area (Å²) in [5.41, 5.74) is 3.13. The Morgan fingerprint density at radius 1 is 1.07 bits per heavy atom. The topological polar surface area (TPSA) is 72.0 Å². The molecule has 0 aliphatic rings. The van der Waals surface area contributed by atoms with E-state index >= 15 is 0 Å². The first-order chi connectivity index (χ1) is 13.5. The molecule has 0 heterocycles. The van der Waals surface area contributed by atoms with Crippen LogP contribution in [0.2, 0.25) is 0 Å². The van der Waals surface area contributed by atoms with Crippen molar-refractivity contribution in [3.63, 3.8) is 0 Å². The van der Waals surface area contributed by atoms with E-state index in [0.717, 1.165) is 5.56 Å². The molecular formula is C23H25N2O3+. The fourth-order valence-corrected chi connectivity index (χ4v) is 3.26. The maximum absolute atomic E-state index is 12.5. The van der Waals surface area contributed by atoms with Gasteiger partial charge in [0.25, 0.3) is 5.91 Å². The van der Waals surface area contributed by atoms with Crippen molar-refractivity contribution in [2.24, 2.45) is 0 Å². The Bertz CT molecular complexity index is 1010. The first kappa shape index (κ1) is 19.6. The lowest BCUT2D eigenvalue weighted by molar-refractivity contribution is -0.682. The van der Waals surface area contributed by atoms with Gasteiger partial charge in [-0.1, -0.05) is 48.5 Å². The number of hydrogen-bond acceptors (Lipinski definition) is 3. The van der Waals surface area contributed by atoms with Crippen LogP contribution in [0.1, 0.15) is 34.5 Å². The Kier molecular flexibility index (Phi) is 6.06. The zero-order valence-corrected chi connectivity index (χ0v) is 16.4. The SMILES string of the molecule is COC(=O)c1ccc(C)c(NC(=O)C[NH2+][C@@H](C)c2cccc3ccccc23)c1. The third kappa shape index (κ3) is 4.38. The number of ether oxygens (including phenoxy) is 1. The number of hydrogen-bond donors (Lipinski definition) is 2. The maximum atomic E-state index is 12.5. The second kappa shape index (κ2) is 8.67. The number of rotatable bonds is 6. The van der Waals surface area contributed by atoms with Crippen molar-refractivity contribution in [2.75, 3.05) is 19.0 Å². The molecule has 0 aliphatic carbocycles. The average Bonchev–Trinajstić information content (AvgIpc) is 2.72. The Morgan fingerprint density at radius 3 is 2.61 bits per heavy atom. The van der Waals surface area contributed by atoms with Gasteiger partial charge >= 0.3 is 5.97 Å². The van der Waals surface area contributed by atoms with Crippen LogP contribution in [-0.2, 0) is 9.53 Å². The van der Waals surface area contributed by atoms with Gasteiger partial charge in [0.15, 0.2) is 6.54 Å². The number of nitrogens with one attached hydrogen (secondary N) is 1. The smallest absolute Gasteiger partial charge is 0.337 e. The number of methoxy groups -OCH3 is 1. The molecule has 0 bridgehead atoms. The van der Waals surface area contributed by atoms with Gasteiger partial charge in [-0.25, -0.2) is 4.79 Å². The van der Waals surface area contributed by atoms with Crippen LogP contribution < -0.4 is 10.6 Å². The number of nitrogens with two attached hydrogens (primary N) is 1. The van der Waals surface area contributed by atoms with E-state index in [1.807, 2.05) is 30.4 Å². The molecule has 0 fully saturated rings. The van der Waals surface area contributed by atoms with Crippen LogP contribution in [0.3, 0.4) is 0 Å². The quantitative estimate of drug-likeness (QED) is 0.648. The van der Waals surface area contributed by atoms with E-state index in [9.17, 15) is 9.59 Å². The van der Waals surface area contributed by atoms with Gasteiger partial charge in [0, 0.05) is 11.3 Å². The van der Waals surface area contributed by atoms with Gasteiger partial charge in [-0.05, 0) is 42.3 Å². The second-order valence-corrected chi connectivity index (χ2v) is 6.87. The molecular weight excluding hydrogens is 352 g/mol. The molecule has 1 amide bonds. The average molecular weight is 377 g/mol. The summed E-state index contributed by atoms with van der Waals surface area (Å²) in [4.78, 5) is 24.2. The van der Waals surface area contributed by atoms with E-state index in [0.29, 0.717) is 11.3 Å². The van der Waals surface area contributed by atoms with Gasteiger partial charge in [0.2, 0.25) is 0 Å². The Morgan fingerprint density at radius 2 is 1.82 bits per heavy atom. The number of carbonyl (C=O) groups is 2. The molecule has 0 unspecified atom stereocenters. The number of aryl methyl sites for hydroxylation is 1. The lowest BCUT2D eigenvalue weighted by Crippen LogP contribution is -2.86. The van der Waals surface area contributed by atoms with Crippen molar-refractivity contribution < 1.29 is 19.6 Å². The molecule has 5 heteroatoms. The highest BCUT2D eigenvalue weighted by Crippen LogP contribution is 2.22. The highest BCUT2D eigenvalue weighted by atomic mass is 16.5. The van der Waals surface area contributed by atoms with Crippen molar-refractivity contribution in [3.05, 3.63) is 77.4 Å². The van der Waals surface area contributed by atoms with E-state index < -0.39 is 5.97 Å². The van der Waals surface area contributed by atoms with Gasteiger partial charge in [-0.3, -0.25) is 4.79 Å². The molecule has 3 aromatic rings. The van der Waals surface area contributed by atoms with Crippen molar-refractivity contribution >= 4 is 28.3 Å². The minimum atomic E-state index is -0.424. The molecule has 0 saturated heterocycles. The highest BCUT2D eigenvalue weighted by Gasteiger charge is 2.15. The number of anilines is 1. The lowest BCUT2D eigenvalue weighted by atomic mass is 10.00. The summed E-state index contributed by atoms with van der Waals surface area (Å²) in [7, 11) is 1.34. The molecule has 1 atom stereocenters. The van der Waals surface area contributed by atoms with E-state index in [-0.39, 0.29) is 18.5 Å². The summed E-state index contributed by atoms with van der Waals surface area (Å²) in [5, 5.41) is 7.30. The predicted octanol–water partition coefficient (Wildman–Crippen LogP) is 3.20. The molecule has 3 rings (SSSR count). The molecule has 0 spiro atoms. The fraction of sp³-hybridized carbons (Fsp3) is 0.217. The summed E-state index contributed by atoms with van der Waals surface area (Å²) in [6, 6.07) is 19.8. The summed E-state index contributed by atoms with van der Waals surface area (Å²) in [6.07, 6.45) is 0. The van der Waals surface area contributed by atoms with E-state index in [4.69, 9.17) is 4.74 Å². The van der Waals surface area contributed by atoms with Gasteiger partial charge in [0.1, 0.15) is 6.04 Å². The fourth-order valence-electron chi connectivity index (χ4n) is 3.26. The molecule has 0 saturated carbocycles. The molecule has 0 aromatic heterocycles. The lowest BCUT2D eigenvalue weighted by Gasteiger charge is -2.14. The molecule has 144 valence electrons. The number of benzene rings is 3. The van der Waals surface area contributed by atoms with Crippen molar-refractivity contribution in [1.82, 2.24) is 0 Å². The van der Waals surface area contributed by atoms with Crippen LogP contribution in [0.25, 0.3) is 10.8 Å². The maximum Gasteiger partial charge on any atom is 0.337 e. The first-order valence-corrected chi connectivity index (χ1v) is 9.29. The summed E-state index contributed by atoms with van der Waals surface area (Å²) < 4.78 is 4.74. The zero-order valence-electron chi connectivity index (χ0n) is 16.4. The van der Waals surface area contributed by atoms with Gasteiger partial charge in [-0.15, -0.1) is 0 Å². The monoisotopic (exact) mass is 377 g/mol. The Labute approximate surface area is 164 Å². The third-order valence-corrected chi connectivity index (χ3v) is 4.90. The third-order valence-electron chi connectivity index (χ3n) is 4.90. The number of amides is 1. The van der Waals surface area contributed by atoms with Crippen molar-refractivity contribution in [2.45, 2.75) is 19.9 Å². The van der Waals surface area contributed by atoms with Crippen LogP contribution in [0, 0.1) is 6.92 Å². The molecule has 3 aromatic carbocycles. The van der Waals surface area contributed by atoms with Crippen molar-refractivity contribution in [3.8, 4) is 0 Å². The van der Waals surface area contributed by atoms with Crippen LogP contribution in [0.4, 0.5) is 5.69 Å². The number of quaternary nitrogens is 1. The summed E-state index contributed by atoms with van der Waals surface area (Å²) >= 11 is 0. The van der Waals surface area contributed by atoms with Crippen molar-refractivity contribution in [1.29, 1.82) is 0 Å². The Hall–Kier alpha value is -3.18. The van der Waals surface area contributed by atoms with E-state index in [1.165, 1.54) is 23.4 Å². The van der Waals surface area contributed by atoms with Crippen LogP contribution in [-0.4, -0.2) is 25.5 Å². The summed E-state index contributed by atoms with van der Waals surface area (Å²) in [6.45, 7) is 4.27. The zero-order chi connectivity index (χ0) is 20.1. The standard InChI is InChI=1S/C23H24N2O3/c1-15-11-12-18(23(27)28-3)13-21(15)25-22(26)14-24-16(2)19-10-6-8-17-7-4-5-9-20(17)19/h4-13,16,24H,14H2,1-3H3,(H,25,26)/p+1/t16-/m0/s1. The van der Waals surface area contributed by atoms with Gasteiger partial charge in [-0.2, -0.15) is 0 Å². The van der Waals surface area contributed by atoms with Gasteiger partial charge < -0.3 is 15.4 Å². The molecule has 0 aliphatic heterocycles. The van der Waals surface area contributed by atoms with Gasteiger partial charge in [0.05, 0.1) is 12.7 Å². The van der Waals surface area contributed by atoms with E-state index in [1.54, 1.807) is 18.2 Å². The summed E-state index contributed by atoms with van der Waals surface area (Å²) in [5.74, 6) is -0.538. The first-order valence-electron chi connectivity index (χ1n) is 9.29. The molecule has 3 N–H and O–H groups in total.